The maximum Gasteiger partial charge on any atom is 0.253 e. The zero-order valence-electron chi connectivity index (χ0n) is 17.7. The normalized spacial score (nSPS) is 19.3. The highest BCUT2D eigenvalue weighted by Crippen LogP contribution is 2.29. The minimum absolute atomic E-state index is 0.0703. The van der Waals surface area contributed by atoms with Gasteiger partial charge in [-0.25, -0.2) is 0 Å². The number of carbonyl (C=O) groups is 3. The van der Waals surface area contributed by atoms with Gasteiger partial charge in [0.05, 0.1) is 17.2 Å². The smallest absolute Gasteiger partial charge is 0.253 e. The van der Waals surface area contributed by atoms with Crippen molar-refractivity contribution in [3.8, 4) is 0 Å². The summed E-state index contributed by atoms with van der Waals surface area (Å²) in [6, 6.07) is 16.9. The Kier molecular flexibility index (Phi) is 6.65. The van der Waals surface area contributed by atoms with E-state index >= 15 is 0 Å². The summed E-state index contributed by atoms with van der Waals surface area (Å²) in [7, 11) is 0. The predicted molar refractivity (Wildman–Crippen MR) is 119 cm³/mol. The third-order valence-electron chi connectivity index (χ3n) is 6.27. The first-order valence-corrected chi connectivity index (χ1v) is 11.1. The van der Waals surface area contributed by atoms with Gasteiger partial charge in [-0.05, 0) is 30.5 Å². The third-order valence-corrected chi connectivity index (χ3v) is 6.27. The van der Waals surface area contributed by atoms with Gasteiger partial charge in [0.25, 0.3) is 5.91 Å². The van der Waals surface area contributed by atoms with Crippen LogP contribution in [0.15, 0.2) is 54.6 Å². The molecule has 1 aliphatic heterocycles. The lowest BCUT2D eigenvalue weighted by Gasteiger charge is -2.31. The molecule has 2 aromatic rings. The molecule has 6 heteroatoms. The van der Waals surface area contributed by atoms with Gasteiger partial charge in [-0.1, -0.05) is 61.7 Å². The first kappa shape index (κ1) is 21.1. The van der Waals surface area contributed by atoms with E-state index < -0.39 is 0 Å². The number of nitrogens with one attached hydrogen (secondary N) is 2. The van der Waals surface area contributed by atoms with Gasteiger partial charge in [0.2, 0.25) is 11.8 Å². The highest BCUT2D eigenvalue weighted by atomic mass is 16.2. The van der Waals surface area contributed by atoms with Crippen LogP contribution in [-0.4, -0.2) is 35.2 Å². The molecule has 4 rings (SSSR count). The molecule has 162 valence electrons. The SMILES string of the molecule is O=C(NCc1ccccc1)c1ccccc1NC(=O)[C@@H]1CC(=O)N(C2CCCCC2)C1. The maximum absolute atomic E-state index is 12.9. The third kappa shape index (κ3) is 5.13. The minimum Gasteiger partial charge on any atom is -0.348 e. The van der Waals surface area contributed by atoms with Gasteiger partial charge in [0.15, 0.2) is 0 Å². The minimum atomic E-state index is -0.380. The number of nitrogens with zero attached hydrogens (tertiary/aromatic N) is 1. The summed E-state index contributed by atoms with van der Waals surface area (Å²) in [6.45, 7) is 0.882. The van der Waals surface area contributed by atoms with Gasteiger partial charge in [0, 0.05) is 25.6 Å². The molecule has 1 saturated heterocycles. The van der Waals surface area contributed by atoms with Crippen LogP contribution in [0.25, 0.3) is 0 Å². The number of likely N-dealkylation sites (tertiary alicyclic amines) is 1. The second-order valence-electron chi connectivity index (χ2n) is 8.44. The van der Waals surface area contributed by atoms with E-state index in [2.05, 4.69) is 10.6 Å². The summed E-state index contributed by atoms with van der Waals surface area (Å²) in [4.78, 5) is 40.1. The summed E-state index contributed by atoms with van der Waals surface area (Å²) in [6.07, 6.45) is 5.83. The first-order chi connectivity index (χ1) is 15.1. The number of hydrogen-bond acceptors (Lipinski definition) is 3. The molecule has 0 radical (unpaired) electrons. The molecule has 2 aromatic carbocycles. The Morgan fingerprint density at radius 3 is 2.42 bits per heavy atom. The van der Waals surface area contributed by atoms with Crippen molar-refractivity contribution in [2.75, 3.05) is 11.9 Å². The average Bonchev–Trinajstić information content (AvgIpc) is 3.21. The Labute approximate surface area is 183 Å². The second-order valence-corrected chi connectivity index (χ2v) is 8.44. The van der Waals surface area contributed by atoms with Gasteiger partial charge >= 0.3 is 0 Å². The zero-order valence-corrected chi connectivity index (χ0v) is 17.7. The number of carbonyl (C=O) groups excluding carboxylic acids is 3. The summed E-state index contributed by atoms with van der Waals surface area (Å²) in [5.41, 5.74) is 1.89. The van der Waals surface area contributed by atoms with Gasteiger partial charge < -0.3 is 15.5 Å². The summed E-state index contributed by atoms with van der Waals surface area (Å²) < 4.78 is 0. The van der Waals surface area contributed by atoms with Crippen molar-refractivity contribution in [1.29, 1.82) is 0 Å². The van der Waals surface area contributed by atoms with Crippen molar-refractivity contribution < 1.29 is 14.4 Å². The van der Waals surface area contributed by atoms with Crippen LogP contribution in [-0.2, 0) is 16.1 Å². The predicted octanol–water partition coefficient (Wildman–Crippen LogP) is 3.74. The molecule has 0 unspecified atom stereocenters. The summed E-state index contributed by atoms with van der Waals surface area (Å²) in [5.74, 6) is -0.753. The lowest BCUT2D eigenvalue weighted by atomic mass is 9.94. The molecule has 1 heterocycles. The maximum atomic E-state index is 12.9. The van der Waals surface area contributed by atoms with E-state index in [0.29, 0.717) is 24.3 Å². The van der Waals surface area contributed by atoms with Crippen molar-refractivity contribution in [2.24, 2.45) is 5.92 Å². The fourth-order valence-corrected chi connectivity index (χ4v) is 4.55. The van der Waals surface area contributed by atoms with Crippen LogP contribution in [0.4, 0.5) is 5.69 Å². The van der Waals surface area contributed by atoms with E-state index in [1.54, 1.807) is 24.3 Å². The first-order valence-electron chi connectivity index (χ1n) is 11.1. The Hall–Kier alpha value is -3.15. The molecule has 2 N–H and O–H groups in total. The topological polar surface area (TPSA) is 78.5 Å². The number of anilines is 1. The zero-order chi connectivity index (χ0) is 21.6. The number of para-hydroxylation sites is 1. The molecule has 1 saturated carbocycles. The quantitative estimate of drug-likeness (QED) is 0.749. The molecule has 0 bridgehead atoms. The fraction of sp³-hybridized carbons (Fsp3) is 0.400. The molecule has 0 aromatic heterocycles. The fourth-order valence-electron chi connectivity index (χ4n) is 4.55. The van der Waals surface area contributed by atoms with E-state index in [-0.39, 0.29) is 36.1 Å². The largest absolute Gasteiger partial charge is 0.348 e. The Bertz CT molecular complexity index is 938. The van der Waals surface area contributed by atoms with Crippen LogP contribution in [0.5, 0.6) is 0 Å². The van der Waals surface area contributed by atoms with Crippen molar-refractivity contribution >= 4 is 23.4 Å². The van der Waals surface area contributed by atoms with Crippen molar-refractivity contribution in [1.82, 2.24) is 10.2 Å². The van der Waals surface area contributed by atoms with Crippen LogP contribution < -0.4 is 10.6 Å². The molecular weight excluding hydrogens is 390 g/mol. The molecule has 3 amide bonds. The lowest BCUT2D eigenvalue weighted by molar-refractivity contribution is -0.130. The number of rotatable bonds is 6. The summed E-state index contributed by atoms with van der Waals surface area (Å²) in [5, 5.41) is 5.80. The Morgan fingerprint density at radius 1 is 0.935 bits per heavy atom. The van der Waals surface area contributed by atoms with E-state index in [1.165, 1.54) is 6.42 Å². The van der Waals surface area contributed by atoms with E-state index in [4.69, 9.17) is 0 Å². The number of hydrogen-bond donors (Lipinski definition) is 2. The van der Waals surface area contributed by atoms with Gasteiger partial charge in [-0.15, -0.1) is 0 Å². The molecule has 1 aliphatic carbocycles. The van der Waals surface area contributed by atoms with Crippen LogP contribution in [0.2, 0.25) is 0 Å². The van der Waals surface area contributed by atoms with E-state index in [0.717, 1.165) is 31.2 Å². The van der Waals surface area contributed by atoms with Gasteiger partial charge in [-0.3, -0.25) is 14.4 Å². The molecule has 2 fully saturated rings. The van der Waals surface area contributed by atoms with Crippen molar-refractivity contribution in [2.45, 2.75) is 51.1 Å². The molecule has 6 nitrogen and oxygen atoms in total. The highest BCUT2D eigenvalue weighted by Gasteiger charge is 2.38. The highest BCUT2D eigenvalue weighted by molar-refractivity contribution is 6.05. The monoisotopic (exact) mass is 419 g/mol. The van der Waals surface area contributed by atoms with E-state index in [9.17, 15) is 14.4 Å². The van der Waals surface area contributed by atoms with Gasteiger partial charge in [-0.2, -0.15) is 0 Å². The molecule has 1 atom stereocenters. The lowest BCUT2D eigenvalue weighted by Crippen LogP contribution is -2.38. The average molecular weight is 420 g/mol. The molecule has 0 spiro atoms. The standard InChI is InChI=1S/C25H29N3O3/c29-23-15-19(17-28(23)20-11-5-2-6-12-20)24(30)27-22-14-8-7-13-21(22)25(31)26-16-18-9-3-1-4-10-18/h1,3-4,7-10,13-14,19-20H,2,5-6,11-12,15-17H2,(H,26,31)(H,27,30)/t19-/m1/s1. The Morgan fingerprint density at radius 2 is 1.65 bits per heavy atom. The number of amides is 3. The molecular formula is C25H29N3O3. The van der Waals surface area contributed by atoms with Crippen LogP contribution in [0, 0.1) is 5.92 Å². The van der Waals surface area contributed by atoms with Crippen LogP contribution in [0.3, 0.4) is 0 Å². The van der Waals surface area contributed by atoms with Crippen molar-refractivity contribution in [3.63, 3.8) is 0 Å². The molecule has 31 heavy (non-hydrogen) atoms. The Balaban J connectivity index is 1.38. The van der Waals surface area contributed by atoms with Crippen molar-refractivity contribution in [3.05, 3.63) is 65.7 Å². The van der Waals surface area contributed by atoms with Gasteiger partial charge in [0.1, 0.15) is 0 Å². The van der Waals surface area contributed by atoms with E-state index in [1.807, 2.05) is 35.2 Å². The molecule has 2 aliphatic rings. The second kappa shape index (κ2) is 9.77. The van der Waals surface area contributed by atoms with Crippen LogP contribution in [0.1, 0.15) is 54.4 Å². The number of benzene rings is 2. The summed E-state index contributed by atoms with van der Waals surface area (Å²) >= 11 is 0. The van der Waals surface area contributed by atoms with Crippen LogP contribution >= 0.6 is 0 Å².